The van der Waals surface area contributed by atoms with Gasteiger partial charge >= 0.3 is 6.18 Å². The minimum atomic E-state index is -4.32. The first kappa shape index (κ1) is 22.6. The SMILES string of the molecule is CN=C(NCCc1c[nH]c2ccc(F)cc12)NCc1ccc(COCC(F)(F)F)cc1. The molecule has 31 heavy (non-hydrogen) atoms. The summed E-state index contributed by atoms with van der Waals surface area (Å²) in [4.78, 5) is 7.31. The van der Waals surface area contributed by atoms with Crippen LogP contribution in [-0.4, -0.2) is 37.3 Å². The lowest BCUT2D eigenvalue weighted by Gasteiger charge is -2.12. The Morgan fingerprint density at radius 2 is 1.81 bits per heavy atom. The van der Waals surface area contributed by atoms with Crippen molar-refractivity contribution >= 4 is 16.9 Å². The molecule has 0 atom stereocenters. The molecule has 1 aromatic heterocycles. The molecular formula is C22H24F4N4O. The van der Waals surface area contributed by atoms with Gasteiger partial charge in [-0.05, 0) is 41.3 Å². The predicted octanol–water partition coefficient (Wildman–Crippen LogP) is 4.29. The standard InChI is InChI=1S/C22H24F4N4O/c1-27-21(28-9-8-17-12-29-20-7-6-18(23)10-19(17)20)30-11-15-2-4-16(5-3-15)13-31-14-22(24,25)26/h2-7,10,12,29H,8-9,11,13-14H2,1H3,(H2,27,28,30). The lowest BCUT2D eigenvalue weighted by atomic mass is 10.1. The molecule has 9 heteroatoms. The zero-order valence-corrected chi connectivity index (χ0v) is 17.0. The molecule has 5 nitrogen and oxygen atoms in total. The lowest BCUT2D eigenvalue weighted by Crippen LogP contribution is -2.37. The van der Waals surface area contributed by atoms with Gasteiger partial charge in [0.15, 0.2) is 5.96 Å². The zero-order chi connectivity index (χ0) is 22.3. The molecule has 3 aromatic rings. The Bertz CT molecular complexity index is 1010. The molecule has 0 fully saturated rings. The van der Waals surface area contributed by atoms with E-state index in [1.54, 1.807) is 25.2 Å². The van der Waals surface area contributed by atoms with Crippen LogP contribution in [0.15, 0.2) is 53.7 Å². The van der Waals surface area contributed by atoms with E-state index in [-0.39, 0.29) is 12.4 Å². The van der Waals surface area contributed by atoms with Crippen molar-refractivity contribution in [1.82, 2.24) is 15.6 Å². The second-order valence-electron chi connectivity index (χ2n) is 7.03. The second kappa shape index (κ2) is 10.3. The molecule has 0 aliphatic rings. The summed E-state index contributed by atoms with van der Waals surface area (Å²) in [7, 11) is 1.66. The van der Waals surface area contributed by atoms with Crippen LogP contribution < -0.4 is 10.6 Å². The highest BCUT2D eigenvalue weighted by Gasteiger charge is 2.27. The molecule has 0 aliphatic heterocycles. The fraction of sp³-hybridized carbons (Fsp3) is 0.318. The molecule has 3 N–H and O–H groups in total. The average Bonchev–Trinajstić information content (AvgIpc) is 3.12. The number of fused-ring (bicyclic) bond motifs is 1. The molecule has 0 saturated carbocycles. The normalized spacial score (nSPS) is 12.4. The maximum atomic E-state index is 13.5. The van der Waals surface area contributed by atoms with E-state index in [1.807, 2.05) is 18.3 Å². The molecule has 0 radical (unpaired) electrons. The van der Waals surface area contributed by atoms with Gasteiger partial charge in [-0.1, -0.05) is 24.3 Å². The van der Waals surface area contributed by atoms with E-state index in [4.69, 9.17) is 0 Å². The predicted molar refractivity (Wildman–Crippen MR) is 112 cm³/mol. The molecule has 0 spiro atoms. The van der Waals surface area contributed by atoms with Crippen LogP contribution >= 0.6 is 0 Å². The molecule has 166 valence electrons. The van der Waals surface area contributed by atoms with Crippen molar-refractivity contribution in [3.63, 3.8) is 0 Å². The smallest absolute Gasteiger partial charge is 0.367 e. The largest absolute Gasteiger partial charge is 0.411 e. The van der Waals surface area contributed by atoms with Gasteiger partial charge in [0.25, 0.3) is 0 Å². The molecule has 0 bridgehead atoms. The second-order valence-corrected chi connectivity index (χ2v) is 7.03. The maximum absolute atomic E-state index is 13.5. The van der Waals surface area contributed by atoms with E-state index in [0.717, 1.165) is 22.0 Å². The van der Waals surface area contributed by atoms with Crippen LogP contribution in [0.2, 0.25) is 0 Å². The van der Waals surface area contributed by atoms with Crippen molar-refractivity contribution in [2.24, 2.45) is 4.99 Å². The summed E-state index contributed by atoms with van der Waals surface area (Å²) in [6, 6.07) is 11.8. The van der Waals surface area contributed by atoms with Crippen LogP contribution in [0, 0.1) is 5.82 Å². The number of guanidine groups is 1. The molecular weight excluding hydrogens is 412 g/mol. The lowest BCUT2D eigenvalue weighted by molar-refractivity contribution is -0.176. The topological polar surface area (TPSA) is 61.4 Å². The van der Waals surface area contributed by atoms with Gasteiger partial charge in [0.1, 0.15) is 12.4 Å². The summed E-state index contributed by atoms with van der Waals surface area (Å²) in [5, 5.41) is 7.27. The number of aromatic amines is 1. The van der Waals surface area contributed by atoms with Crippen LogP contribution in [0.4, 0.5) is 17.6 Å². The van der Waals surface area contributed by atoms with Gasteiger partial charge in [0.2, 0.25) is 0 Å². The van der Waals surface area contributed by atoms with Crippen molar-refractivity contribution in [3.8, 4) is 0 Å². The maximum Gasteiger partial charge on any atom is 0.411 e. The molecule has 0 unspecified atom stereocenters. The number of aromatic nitrogens is 1. The van der Waals surface area contributed by atoms with Crippen molar-refractivity contribution in [2.75, 3.05) is 20.2 Å². The quantitative estimate of drug-likeness (QED) is 0.280. The van der Waals surface area contributed by atoms with Crippen LogP contribution in [0.5, 0.6) is 0 Å². The number of nitrogens with zero attached hydrogens (tertiary/aromatic N) is 1. The molecule has 0 aliphatic carbocycles. The van der Waals surface area contributed by atoms with Crippen molar-refractivity contribution in [3.05, 3.63) is 71.2 Å². The number of nitrogens with one attached hydrogen (secondary N) is 3. The summed E-state index contributed by atoms with van der Waals surface area (Å²) in [6.45, 7) is -0.236. The zero-order valence-electron chi connectivity index (χ0n) is 17.0. The molecule has 0 amide bonds. The Hall–Kier alpha value is -3.07. The first-order chi connectivity index (χ1) is 14.8. The first-order valence-corrected chi connectivity index (χ1v) is 9.76. The van der Waals surface area contributed by atoms with Gasteiger partial charge in [-0.3, -0.25) is 4.99 Å². The number of rotatable bonds is 8. The highest BCUT2D eigenvalue weighted by atomic mass is 19.4. The van der Waals surface area contributed by atoms with E-state index in [1.165, 1.54) is 12.1 Å². The van der Waals surface area contributed by atoms with Crippen LogP contribution in [0.1, 0.15) is 16.7 Å². The fourth-order valence-electron chi connectivity index (χ4n) is 3.12. The summed E-state index contributed by atoms with van der Waals surface area (Å²) in [6.07, 6.45) is -1.75. The number of alkyl halides is 3. The third kappa shape index (κ3) is 6.99. The van der Waals surface area contributed by atoms with E-state index < -0.39 is 12.8 Å². The molecule has 2 aromatic carbocycles. The Kier molecular flexibility index (Phi) is 7.51. The van der Waals surface area contributed by atoms with Gasteiger partial charge in [0, 0.05) is 37.2 Å². The summed E-state index contributed by atoms with van der Waals surface area (Å²) < 4.78 is 54.5. The number of benzene rings is 2. The summed E-state index contributed by atoms with van der Waals surface area (Å²) in [5.74, 6) is 0.348. The van der Waals surface area contributed by atoms with Crippen LogP contribution in [0.3, 0.4) is 0 Å². The Morgan fingerprint density at radius 1 is 1.06 bits per heavy atom. The first-order valence-electron chi connectivity index (χ1n) is 9.76. The van der Waals surface area contributed by atoms with Gasteiger partial charge in [-0.2, -0.15) is 13.2 Å². The van der Waals surface area contributed by atoms with Crippen LogP contribution in [0.25, 0.3) is 10.9 Å². The van der Waals surface area contributed by atoms with Gasteiger partial charge in [-0.25, -0.2) is 4.39 Å². The Balaban J connectivity index is 1.43. The number of aliphatic imine (C=N–C) groups is 1. The van der Waals surface area contributed by atoms with Crippen molar-refractivity contribution < 1.29 is 22.3 Å². The van der Waals surface area contributed by atoms with Gasteiger partial charge in [-0.15, -0.1) is 0 Å². The summed E-state index contributed by atoms with van der Waals surface area (Å²) >= 11 is 0. The van der Waals surface area contributed by atoms with Gasteiger partial charge in [0.05, 0.1) is 6.61 Å². The van der Waals surface area contributed by atoms with Crippen LogP contribution in [-0.2, 0) is 24.3 Å². The molecule has 0 saturated heterocycles. The fourth-order valence-corrected chi connectivity index (χ4v) is 3.12. The highest BCUT2D eigenvalue weighted by Crippen LogP contribution is 2.19. The van der Waals surface area contributed by atoms with E-state index >= 15 is 0 Å². The monoisotopic (exact) mass is 436 g/mol. The third-order valence-corrected chi connectivity index (χ3v) is 4.66. The number of hydrogen-bond acceptors (Lipinski definition) is 2. The average molecular weight is 436 g/mol. The highest BCUT2D eigenvalue weighted by molar-refractivity contribution is 5.83. The Labute approximate surface area is 177 Å². The van der Waals surface area contributed by atoms with Crippen molar-refractivity contribution in [1.29, 1.82) is 0 Å². The van der Waals surface area contributed by atoms with Crippen molar-refractivity contribution in [2.45, 2.75) is 25.7 Å². The van der Waals surface area contributed by atoms with E-state index in [9.17, 15) is 17.6 Å². The molecule has 3 rings (SSSR count). The minimum Gasteiger partial charge on any atom is -0.367 e. The van der Waals surface area contributed by atoms with Gasteiger partial charge < -0.3 is 20.4 Å². The number of ether oxygens (including phenoxy) is 1. The van der Waals surface area contributed by atoms with E-state index in [2.05, 4.69) is 25.3 Å². The number of halogens is 4. The third-order valence-electron chi connectivity index (χ3n) is 4.66. The summed E-state index contributed by atoms with van der Waals surface area (Å²) in [5.41, 5.74) is 3.53. The minimum absolute atomic E-state index is 0.0891. The number of hydrogen-bond donors (Lipinski definition) is 3. The Morgan fingerprint density at radius 3 is 2.52 bits per heavy atom. The van der Waals surface area contributed by atoms with E-state index in [0.29, 0.717) is 31.0 Å². The number of H-pyrrole nitrogens is 1. The molecule has 1 heterocycles.